The van der Waals surface area contributed by atoms with Gasteiger partial charge in [0.25, 0.3) is 0 Å². The largest absolute Gasteiger partial charge is 0.389 e. The number of hydrogen-bond acceptors (Lipinski definition) is 4. The van der Waals surface area contributed by atoms with Gasteiger partial charge in [-0.05, 0) is 43.2 Å². The summed E-state index contributed by atoms with van der Waals surface area (Å²) >= 11 is 0. The van der Waals surface area contributed by atoms with E-state index in [0.717, 1.165) is 19.3 Å². The Hall–Kier alpha value is -1.98. The molecule has 0 aromatic heterocycles. The van der Waals surface area contributed by atoms with Crippen LogP contribution in [0.5, 0.6) is 0 Å². The minimum atomic E-state index is -0.856. The molecule has 3 aliphatic rings. The zero-order valence-electron chi connectivity index (χ0n) is 14.8. The summed E-state index contributed by atoms with van der Waals surface area (Å²) < 4.78 is 5.96. The van der Waals surface area contributed by atoms with Crippen LogP contribution in [0.3, 0.4) is 0 Å². The van der Waals surface area contributed by atoms with Gasteiger partial charge in [-0.15, -0.1) is 0 Å². The summed E-state index contributed by atoms with van der Waals surface area (Å²) in [6.45, 7) is 0.155. The molecule has 4 atom stereocenters. The summed E-state index contributed by atoms with van der Waals surface area (Å²) in [6, 6.07) is 8.25. The van der Waals surface area contributed by atoms with Gasteiger partial charge in [0.05, 0.1) is 37.2 Å². The van der Waals surface area contributed by atoms with Gasteiger partial charge in [0.1, 0.15) is 0 Å². The second-order valence-electron chi connectivity index (χ2n) is 7.51. The minimum absolute atomic E-state index is 0.0219. The van der Waals surface area contributed by atoms with Crippen LogP contribution in [-0.2, 0) is 20.7 Å². The minimum Gasteiger partial charge on any atom is -0.389 e. The van der Waals surface area contributed by atoms with Crippen molar-refractivity contribution < 1.29 is 19.4 Å². The number of nitrogens with zero attached hydrogens (tertiary/aromatic N) is 1. The fourth-order valence-electron chi connectivity index (χ4n) is 4.42. The first-order valence-corrected chi connectivity index (χ1v) is 9.53. The number of benzene rings is 1. The van der Waals surface area contributed by atoms with E-state index in [0.29, 0.717) is 12.8 Å². The molecule has 0 radical (unpaired) electrons. The number of imide groups is 1. The van der Waals surface area contributed by atoms with E-state index >= 15 is 0 Å². The van der Waals surface area contributed by atoms with E-state index < -0.39 is 6.10 Å². The van der Waals surface area contributed by atoms with Gasteiger partial charge >= 0.3 is 0 Å². The van der Waals surface area contributed by atoms with Crippen molar-refractivity contribution in [1.29, 1.82) is 0 Å². The van der Waals surface area contributed by atoms with Crippen molar-refractivity contribution in [1.82, 2.24) is 4.90 Å². The maximum absolute atomic E-state index is 12.5. The summed E-state index contributed by atoms with van der Waals surface area (Å²) in [5, 5.41) is 10.4. The van der Waals surface area contributed by atoms with E-state index in [1.165, 1.54) is 16.0 Å². The Morgan fingerprint density at radius 2 is 1.81 bits per heavy atom. The van der Waals surface area contributed by atoms with Gasteiger partial charge in [-0.3, -0.25) is 14.5 Å². The summed E-state index contributed by atoms with van der Waals surface area (Å²) in [5.74, 6) is -0.783. The van der Waals surface area contributed by atoms with Gasteiger partial charge in [0.15, 0.2) is 0 Å². The third-order valence-electron chi connectivity index (χ3n) is 5.80. The molecule has 26 heavy (non-hydrogen) atoms. The van der Waals surface area contributed by atoms with Crippen molar-refractivity contribution in [3.63, 3.8) is 0 Å². The van der Waals surface area contributed by atoms with Crippen molar-refractivity contribution in [3.05, 3.63) is 47.5 Å². The zero-order chi connectivity index (χ0) is 18.1. The number of ether oxygens (including phenoxy) is 1. The number of carbonyl (C=O) groups excluding carboxylic acids is 2. The fourth-order valence-corrected chi connectivity index (χ4v) is 4.42. The smallest absolute Gasteiger partial charge is 0.233 e. The Morgan fingerprint density at radius 1 is 1.12 bits per heavy atom. The van der Waals surface area contributed by atoms with Crippen molar-refractivity contribution in [3.8, 4) is 0 Å². The van der Waals surface area contributed by atoms with E-state index in [-0.39, 0.29) is 42.9 Å². The lowest BCUT2D eigenvalue weighted by molar-refractivity contribution is -0.142. The molecule has 1 heterocycles. The first-order chi connectivity index (χ1) is 12.6. The van der Waals surface area contributed by atoms with Crippen LogP contribution in [0.15, 0.2) is 36.4 Å². The molecule has 1 aliphatic heterocycles. The quantitative estimate of drug-likeness (QED) is 0.651. The number of hydrogen-bond donors (Lipinski definition) is 1. The number of aliphatic hydroxyl groups is 1. The number of amides is 2. The number of aryl methyl sites for hydroxylation is 1. The lowest BCUT2D eigenvalue weighted by atomic mass is 9.85. The number of rotatable bonds is 5. The molecule has 1 fully saturated rings. The third-order valence-corrected chi connectivity index (χ3v) is 5.80. The van der Waals surface area contributed by atoms with Crippen LogP contribution >= 0.6 is 0 Å². The molecule has 1 aromatic carbocycles. The highest BCUT2D eigenvalue weighted by Crippen LogP contribution is 2.35. The Bertz CT molecular complexity index is 702. The summed E-state index contributed by atoms with van der Waals surface area (Å²) in [4.78, 5) is 26.2. The predicted octanol–water partition coefficient (Wildman–Crippen LogP) is 2.39. The van der Waals surface area contributed by atoms with E-state index in [1.807, 2.05) is 24.3 Å². The Balaban J connectivity index is 1.34. The first kappa shape index (κ1) is 17.4. The van der Waals surface area contributed by atoms with Crippen LogP contribution in [0.4, 0.5) is 0 Å². The van der Waals surface area contributed by atoms with Gasteiger partial charge in [0.2, 0.25) is 11.8 Å². The van der Waals surface area contributed by atoms with Crippen LogP contribution in [0.1, 0.15) is 42.9 Å². The second kappa shape index (κ2) is 7.33. The molecule has 138 valence electrons. The normalized spacial score (nSPS) is 28.8. The summed E-state index contributed by atoms with van der Waals surface area (Å²) in [6.07, 6.45) is 7.36. The number of aliphatic hydroxyl groups excluding tert-OH is 1. The van der Waals surface area contributed by atoms with Crippen LogP contribution in [0, 0.1) is 11.8 Å². The highest BCUT2D eigenvalue weighted by molar-refractivity contribution is 6.05. The molecule has 0 unspecified atom stereocenters. The number of allylic oxidation sites excluding steroid dienone is 2. The van der Waals surface area contributed by atoms with E-state index in [4.69, 9.17) is 4.74 Å². The fraction of sp³-hybridized carbons (Fsp3) is 0.524. The number of β-amino-alcohol motifs (C(OH)–C–C–N with tert-alkyl or cyclic N) is 1. The lowest BCUT2D eigenvalue weighted by Gasteiger charge is -2.27. The highest BCUT2D eigenvalue weighted by Gasteiger charge is 2.47. The van der Waals surface area contributed by atoms with Gasteiger partial charge < -0.3 is 9.84 Å². The zero-order valence-corrected chi connectivity index (χ0v) is 14.8. The van der Waals surface area contributed by atoms with Crippen LogP contribution in [0.25, 0.3) is 0 Å². The molecule has 0 bridgehead atoms. The molecule has 4 rings (SSSR count). The topological polar surface area (TPSA) is 66.8 Å². The molecule has 1 N–H and O–H groups in total. The average Bonchev–Trinajstić information content (AvgIpc) is 2.91. The summed E-state index contributed by atoms with van der Waals surface area (Å²) in [7, 11) is 0. The van der Waals surface area contributed by atoms with E-state index in [2.05, 4.69) is 12.1 Å². The van der Waals surface area contributed by atoms with Gasteiger partial charge in [-0.25, -0.2) is 0 Å². The van der Waals surface area contributed by atoms with Gasteiger partial charge in [-0.2, -0.15) is 0 Å². The number of likely N-dealkylation sites (tertiary alicyclic amines) is 1. The van der Waals surface area contributed by atoms with Crippen molar-refractivity contribution in [2.75, 3.05) is 13.2 Å². The molecule has 2 amide bonds. The SMILES string of the molecule is O=C1[C@H]2CC=CC[C@H]2C(=O)N1C[C@H](O)CO[C@@H]1CCCc2ccccc21. The third kappa shape index (κ3) is 3.21. The molecule has 0 saturated carbocycles. The Morgan fingerprint density at radius 3 is 2.54 bits per heavy atom. The number of fused-ring (bicyclic) bond motifs is 2. The molecule has 1 saturated heterocycles. The Labute approximate surface area is 153 Å². The monoisotopic (exact) mass is 355 g/mol. The van der Waals surface area contributed by atoms with Crippen molar-refractivity contribution >= 4 is 11.8 Å². The van der Waals surface area contributed by atoms with Crippen molar-refractivity contribution in [2.24, 2.45) is 11.8 Å². The number of carbonyl (C=O) groups is 2. The Kier molecular flexibility index (Phi) is 4.92. The maximum Gasteiger partial charge on any atom is 0.233 e. The maximum atomic E-state index is 12.5. The van der Waals surface area contributed by atoms with Crippen molar-refractivity contribution in [2.45, 2.75) is 44.3 Å². The standard InChI is InChI=1S/C21H25NO4/c23-15(12-22-20(24)17-9-3-4-10-18(17)21(22)25)13-26-19-11-5-7-14-6-1-2-8-16(14)19/h1-4,6,8,15,17-19,23H,5,7,9-13H2/t15-,17-,18+,19+/m0/s1. The molecule has 0 spiro atoms. The average molecular weight is 355 g/mol. The second-order valence-corrected chi connectivity index (χ2v) is 7.51. The highest BCUT2D eigenvalue weighted by atomic mass is 16.5. The molecule has 5 nitrogen and oxygen atoms in total. The molecule has 5 heteroatoms. The molecule has 2 aliphatic carbocycles. The predicted molar refractivity (Wildman–Crippen MR) is 96.2 cm³/mol. The van der Waals surface area contributed by atoms with Crippen LogP contribution in [-0.4, -0.2) is 41.1 Å². The van der Waals surface area contributed by atoms with Gasteiger partial charge in [0, 0.05) is 0 Å². The van der Waals surface area contributed by atoms with E-state index in [1.54, 1.807) is 0 Å². The molecular weight excluding hydrogens is 330 g/mol. The van der Waals surface area contributed by atoms with Crippen LogP contribution < -0.4 is 0 Å². The molecular formula is C21H25NO4. The lowest BCUT2D eigenvalue weighted by Crippen LogP contribution is -2.39. The molecule has 1 aromatic rings. The first-order valence-electron chi connectivity index (χ1n) is 9.53. The summed E-state index contributed by atoms with van der Waals surface area (Å²) in [5.41, 5.74) is 2.50. The van der Waals surface area contributed by atoms with Gasteiger partial charge in [-0.1, -0.05) is 36.4 Å². The van der Waals surface area contributed by atoms with E-state index in [9.17, 15) is 14.7 Å². The van der Waals surface area contributed by atoms with Crippen LogP contribution in [0.2, 0.25) is 0 Å².